The van der Waals surface area contributed by atoms with Crippen LogP contribution in [0.3, 0.4) is 0 Å². The Labute approximate surface area is 355 Å². The standard InChI is InChI=1S/C51H101NO5/c1-3-5-7-9-11-13-15-17-18-19-20-21-22-23-24-25-26-27-28-29-30-31-33-34-36-38-40-42-44-48(54)50(56)47(46-53)52-51(57)49(55)45-43-41-39-37-35-32-16-14-12-10-8-6-4-2/h36,38,47-50,53-56H,3-35,37,39-46H2,1-2H3,(H,52,57)/b38-36+. The highest BCUT2D eigenvalue weighted by Crippen LogP contribution is 2.17. The summed E-state index contributed by atoms with van der Waals surface area (Å²) >= 11 is 0. The van der Waals surface area contributed by atoms with Crippen LogP contribution in [0.5, 0.6) is 0 Å². The van der Waals surface area contributed by atoms with Gasteiger partial charge in [0.15, 0.2) is 0 Å². The molecule has 0 aromatic carbocycles. The number of aliphatic hydroxyl groups is 4. The lowest BCUT2D eigenvalue weighted by Crippen LogP contribution is -2.53. The number of unbranched alkanes of at least 4 members (excludes halogenated alkanes) is 36. The van der Waals surface area contributed by atoms with E-state index in [0.29, 0.717) is 12.8 Å². The first kappa shape index (κ1) is 56.0. The SMILES string of the molecule is CCCCCCCCCCCCCCCCCCCCCCCCC/C=C/CCCC(O)C(O)C(CO)NC(=O)C(O)CCCCCCCCCCCCCCC. The van der Waals surface area contributed by atoms with Gasteiger partial charge in [0.1, 0.15) is 12.2 Å². The van der Waals surface area contributed by atoms with Crippen molar-refractivity contribution in [1.82, 2.24) is 5.32 Å². The van der Waals surface area contributed by atoms with Crippen LogP contribution in [0.4, 0.5) is 0 Å². The van der Waals surface area contributed by atoms with Crippen LogP contribution in [0, 0.1) is 0 Å². The Hall–Kier alpha value is -0.950. The van der Waals surface area contributed by atoms with Crippen LogP contribution in [0.25, 0.3) is 0 Å². The monoisotopic (exact) mass is 808 g/mol. The van der Waals surface area contributed by atoms with Gasteiger partial charge in [-0.1, -0.05) is 251 Å². The molecule has 1 amide bonds. The van der Waals surface area contributed by atoms with Gasteiger partial charge in [0.2, 0.25) is 5.91 Å². The molecular formula is C51H101NO5. The summed E-state index contributed by atoms with van der Waals surface area (Å²) in [6.07, 6.45) is 52.8. The smallest absolute Gasteiger partial charge is 0.249 e. The molecule has 0 bridgehead atoms. The number of carbonyl (C=O) groups excluding carboxylic acids is 1. The summed E-state index contributed by atoms with van der Waals surface area (Å²) in [6, 6.07) is -0.997. The fourth-order valence-corrected chi connectivity index (χ4v) is 8.17. The predicted molar refractivity (Wildman–Crippen MR) is 247 cm³/mol. The Kier molecular flexibility index (Phi) is 45.4. The molecule has 0 aliphatic heterocycles. The molecule has 6 heteroatoms. The first-order valence-corrected chi connectivity index (χ1v) is 25.6. The highest BCUT2D eigenvalue weighted by atomic mass is 16.3. The number of nitrogens with one attached hydrogen (secondary N) is 1. The zero-order valence-corrected chi connectivity index (χ0v) is 38.4. The molecule has 340 valence electrons. The van der Waals surface area contributed by atoms with E-state index in [1.165, 1.54) is 212 Å². The largest absolute Gasteiger partial charge is 0.394 e. The van der Waals surface area contributed by atoms with Crippen molar-refractivity contribution in [1.29, 1.82) is 0 Å². The van der Waals surface area contributed by atoms with E-state index in [4.69, 9.17) is 0 Å². The van der Waals surface area contributed by atoms with Crippen LogP contribution in [-0.2, 0) is 4.79 Å². The average molecular weight is 808 g/mol. The highest BCUT2D eigenvalue weighted by Gasteiger charge is 2.28. The molecule has 57 heavy (non-hydrogen) atoms. The number of amides is 1. The van der Waals surface area contributed by atoms with Crippen molar-refractivity contribution in [3.63, 3.8) is 0 Å². The molecule has 0 heterocycles. The Morgan fingerprint density at radius 1 is 0.421 bits per heavy atom. The molecule has 0 aliphatic carbocycles. The predicted octanol–water partition coefficient (Wildman–Crippen LogP) is 14.1. The van der Waals surface area contributed by atoms with Gasteiger partial charge in [0.05, 0.1) is 18.8 Å². The third kappa shape index (κ3) is 40.2. The Morgan fingerprint density at radius 3 is 1.05 bits per heavy atom. The van der Waals surface area contributed by atoms with Crippen molar-refractivity contribution in [2.24, 2.45) is 0 Å². The van der Waals surface area contributed by atoms with E-state index >= 15 is 0 Å². The first-order chi connectivity index (χ1) is 28.0. The molecule has 0 aromatic heterocycles. The van der Waals surface area contributed by atoms with Crippen LogP contribution >= 0.6 is 0 Å². The number of carbonyl (C=O) groups is 1. The lowest BCUT2D eigenvalue weighted by molar-refractivity contribution is -0.132. The second-order valence-corrected chi connectivity index (χ2v) is 17.9. The molecule has 5 N–H and O–H groups in total. The van der Waals surface area contributed by atoms with Crippen molar-refractivity contribution in [2.75, 3.05) is 6.61 Å². The highest BCUT2D eigenvalue weighted by molar-refractivity contribution is 5.80. The molecule has 0 spiro atoms. The lowest BCUT2D eigenvalue weighted by Gasteiger charge is -2.27. The minimum absolute atomic E-state index is 0.367. The summed E-state index contributed by atoms with van der Waals surface area (Å²) in [7, 11) is 0. The topological polar surface area (TPSA) is 110 Å². The van der Waals surface area contributed by atoms with Gasteiger partial charge in [-0.3, -0.25) is 4.79 Å². The minimum atomic E-state index is -1.28. The summed E-state index contributed by atoms with van der Waals surface area (Å²) in [5.74, 6) is -0.590. The first-order valence-electron chi connectivity index (χ1n) is 25.6. The number of hydrogen-bond acceptors (Lipinski definition) is 5. The van der Waals surface area contributed by atoms with E-state index in [0.717, 1.165) is 38.5 Å². The molecule has 4 unspecified atom stereocenters. The second-order valence-electron chi connectivity index (χ2n) is 17.9. The van der Waals surface area contributed by atoms with Gasteiger partial charge in [0, 0.05) is 0 Å². The van der Waals surface area contributed by atoms with E-state index in [1.807, 2.05) is 0 Å². The third-order valence-corrected chi connectivity index (χ3v) is 12.2. The molecule has 0 radical (unpaired) electrons. The quantitative estimate of drug-likeness (QED) is 0.0311. The lowest BCUT2D eigenvalue weighted by atomic mass is 10.00. The maximum Gasteiger partial charge on any atom is 0.249 e. The number of aliphatic hydroxyl groups excluding tert-OH is 4. The molecule has 0 fully saturated rings. The van der Waals surface area contributed by atoms with Gasteiger partial charge >= 0.3 is 0 Å². The second kappa shape index (κ2) is 46.1. The van der Waals surface area contributed by atoms with Crippen molar-refractivity contribution < 1.29 is 25.2 Å². The fraction of sp³-hybridized carbons (Fsp3) is 0.941. The maximum absolute atomic E-state index is 12.5. The van der Waals surface area contributed by atoms with Gasteiger partial charge in [-0.15, -0.1) is 0 Å². The van der Waals surface area contributed by atoms with E-state index in [-0.39, 0.29) is 0 Å². The van der Waals surface area contributed by atoms with E-state index in [1.54, 1.807) is 0 Å². The Morgan fingerprint density at radius 2 is 0.719 bits per heavy atom. The van der Waals surface area contributed by atoms with Gasteiger partial charge < -0.3 is 25.7 Å². The van der Waals surface area contributed by atoms with Gasteiger partial charge in [0.25, 0.3) is 0 Å². The maximum atomic E-state index is 12.5. The molecule has 0 aliphatic rings. The summed E-state index contributed by atoms with van der Waals surface area (Å²) in [6.45, 7) is 4.06. The van der Waals surface area contributed by atoms with E-state index in [9.17, 15) is 25.2 Å². The zero-order chi connectivity index (χ0) is 41.7. The van der Waals surface area contributed by atoms with Crippen molar-refractivity contribution >= 4 is 5.91 Å². The summed E-state index contributed by atoms with van der Waals surface area (Å²) in [4.78, 5) is 12.5. The van der Waals surface area contributed by atoms with Gasteiger partial charge in [-0.2, -0.15) is 0 Å². The molecule has 0 saturated heterocycles. The van der Waals surface area contributed by atoms with Crippen molar-refractivity contribution in [3.8, 4) is 0 Å². The summed E-state index contributed by atoms with van der Waals surface area (Å²) in [5.41, 5.74) is 0. The summed E-state index contributed by atoms with van der Waals surface area (Å²) in [5, 5.41) is 43.7. The number of hydrogen-bond donors (Lipinski definition) is 5. The number of allylic oxidation sites excluding steroid dienone is 2. The normalized spacial score (nSPS) is 14.0. The van der Waals surface area contributed by atoms with Crippen LogP contribution in [-0.4, -0.2) is 57.3 Å². The average Bonchev–Trinajstić information content (AvgIpc) is 3.22. The Balaban J connectivity index is 3.62. The van der Waals surface area contributed by atoms with Crippen molar-refractivity contribution in [2.45, 2.75) is 301 Å². The molecule has 4 atom stereocenters. The minimum Gasteiger partial charge on any atom is -0.394 e. The molecule has 6 nitrogen and oxygen atoms in total. The number of rotatable bonds is 47. The molecule has 0 saturated carbocycles. The van der Waals surface area contributed by atoms with Crippen LogP contribution in [0.15, 0.2) is 12.2 Å². The third-order valence-electron chi connectivity index (χ3n) is 12.2. The molecule has 0 aromatic rings. The zero-order valence-electron chi connectivity index (χ0n) is 38.4. The van der Waals surface area contributed by atoms with Crippen LogP contribution < -0.4 is 5.32 Å². The summed E-state index contributed by atoms with van der Waals surface area (Å²) < 4.78 is 0. The van der Waals surface area contributed by atoms with Crippen molar-refractivity contribution in [3.05, 3.63) is 12.2 Å². The van der Waals surface area contributed by atoms with Crippen LogP contribution in [0.2, 0.25) is 0 Å². The Bertz CT molecular complexity index is 821. The fourth-order valence-electron chi connectivity index (χ4n) is 8.17. The van der Waals surface area contributed by atoms with Crippen LogP contribution in [0.1, 0.15) is 277 Å². The molecular weight excluding hydrogens is 707 g/mol. The molecule has 0 rings (SSSR count). The van der Waals surface area contributed by atoms with Gasteiger partial charge in [-0.05, 0) is 38.5 Å². The van der Waals surface area contributed by atoms with E-state index < -0.39 is 36.9 Å². The van der Waals surface area contributed by atoms with E-state index in [2.05, 4.69) is 31.3 Å². The van der Waals surface area contributed by atoms with Gasteiger partial charge in [-0.25, -0.2) is 0 Å².